The van der Waals surface area contributed by atoms with Crippen LogP contribution in [0.4, 0.5) is 0 Å². The molecule has 0 bridgehead atoms. The minimum atomic E-state index is -2.48. The van der Waals surface area contributed by atoms with Crippen molar-refractivity contribution in [2.45, 2.75) is 105 Å². The van der Waals surface area contributed by atoms with Gasteiger partial charge in [-0.2, -0.15) is 0 Å². The molecule has 1 aliphatic heterocycles. The number of Topliss-reactive ketones (excluding diaryl/α,β-unsaturated/α-hetero) is 2. The topological polar surface area (TPSA) is 177 Å². The van der Waals surface area contributed by atoms with Gasteiger partial charge in [-0.3, -0.25) is 33.3 Å². The van der Waals surface area contributed by atoms with Crippen LogP contribution in [0, 0.1) is 11.8 Å². The van der Waals surface area contributed by atoms with Crippen molar-refractivity contribution in [2.24, 2.45) is 25.9 Å². The number of carbonyl (C=O) groups is 5. The van der Waals surface area contributed by atoms with E-state index in [4.69, 9.17) is 13.6 Å². The number of rotatable bonds is 7. The summed E-state index contributed by atoms with van der Waals surface area (Å²) >= 11 is 0. The van der Waals surface area contributed by atoms with Crippen molar-refractivity contribution in [3.63, 3.8) is 0 Å². The summed E-state index contributed by atoms with van der Waals surface area (Å²) in [6.07, 6.45) is 3.97. The van der Waals surface area contributed by atoms with Crippen LogP contribution in [0.15, 0.2) is 12.4 Å². The summed E-state index contributed by atoms with van der Waals surface area (Å²) in [6, 6.07) is -0.939. The van der Waals surface area contributed by atoms with Gasteiger partial charge < -0.3 is 14.8 Å². The molecule has 2 aromatic rings. The number of nitrogens with one attached hydrogen (secondary N) is 1. The van der Waals surface area contributed by atoms with E-state index in [-0.39, 0.29) is 36.1 Å². The lowest BCUT2D eigenvalue weighted by atomic mass is 9.85. The highest BCUT2D eigenvalue weighted by Crippen LogP contribution is 2.30. The molecule has 1 unspecified atom stereocenters. The Bertz CT molecular complexity index is 1340. The maximum Gasteiger partial charge on any atom is 0.319 e. The number of hydrogen-bond donors (Lipinski definition) is 1. The summed E-state index contributed by atoms with van der Waals surface area (Å²) in [6.45, 7) is 13.8. The van der Waals surface area contributed by atoms with Crippen LogP contribution in [0.25, 0.3) is 0 Å². The van der Waals surface area contributed by atoms with E-state index in [2.05, 4.69) is 25.9 Å². The summed E-state index contributed by atoms with van der Waals surface area (Å²) in [7, 11) is 1.71. The Hall–Kier alpha value is -3.81. The molecule has 3 atom stereocenters. The van der Waals surface area contributed by atoms with E-state index in [0.717, 1.165) is 4.68 Å². The fourth-order valence-electron chi connectivity index (χ4n) is 3.87. The van der Waals surface area contributed by atoms with Gasteiger partial charge in [-0.05, 0) is 54.4 Å². The summed E-state index contributed by atoms with van der Waals surface area (Å²) < 4.78 is 34.6. The molecule has 0 aliphatic carbocycles. The van der Waals surface area contributed by atoms with E-state index < -0.39 is 42.1 Å². The van der Waals surface area contributed by atoms with Crippen LogP contribution in [-0.2, 0) is 42.7 Å². The molecule has 0 spiro atoms. The van der Waals surface area contributed by atoms with Gasteiger partial charge in [0.25, 0.3) is 0 Å². The minimum absolute atomic E-state index is 0.0470. The monoisotopic (exact) mass is 609 g/mol. The van der Waals surface area contributed by atoms with Crippen molar-refractivity contribution in [3.05, 3.63) is 23.8 Å². The van der Waals surface area contributed by atoms with E-state index in [1.165, 1.54) is 10.9 Å². The number of aromatic nitrogens is 6. The zero-order valence-electron chi connectivity index (χ0n) is 29.7. The Morgan fingerprint density at radius 3 is 2.12 bits per heavy atom. The molecule has 0 saturated carbocycles. The molecule has 3 rings (SSSR count). The summed E-state index contributed by atoms with van der Waals surface area (Å²) in [4.78, 5) is 57.2. The highest BCUT2D eigenvalue weighted by atomic mass is 16.6. The van der Waals surface area contributed by atoms with Gasteiger partial charge in [-0.1, -0.05) is 24.3 Å². The number of nitrogens with zero attached hydrogens (tertiary/aromatic N) is 6. The van der Waals surface area contributed by atoms with Gasteiger partial charge >= 0.3 is 11.9 Å². The number of aldehydes is 1. The highest BCUT2D eigenvalue weighted by Gasteiger charge is 2.43. The molecule has 0 amide bonds. The van der Waals surface area contributed by atoms with E-state index in [0.29, 0.717) is 24.3 Å². The number of carbonyl (C=O) groups excluding carboxylic acids is 5. The molecule has 3 heterocycles. The first-order chi connectivity index (χ1) is 20.9. The lowest BCUT2D eigenvalue weighted by molar-refractivity contribution is -0.165. The van der Waals surface area contributed by atoms with Crippen molar-refractivity contribution in [1.29, 1.82) is 0 Å². The SMILES string of the molecule is CC(C)CC(=O)CC(=O)OC(C)(C)C.Cn1cc(C=O)nn1.[2H][13C]([2H])([2H])n1cc([C@H]2N[C@@H](C)CC(=O)C2C(=O)OC(C)(C)C)nn1. The van der Waals surface area contributed by atoms with Crippen LogP contribution >= 0.6 is 0 Å². The number of piperidine rings is 1. The maximum absolute atomic E-state index is 12.5. The first-order valence-corrected chi connectivity index (χ1v) is 13.9. The third-order valence-corrected chi connectivity index (χ3v) is 5.28. The average molecular weight is 610 g/mol. The quantitative estimate of drug-likeness (QED) is 0.210. The van der Waals surface area contributed by atoms with Gasteiger partial charge in [0.05, 0.1) is 12.2 Å². The maximum atomic E-state index is 12.5. The van der Waals surface area contributed by atoms with Gasteiger partial charge in [0.2, 0.25) is 0 Å². The van der Waals surface area contributed by atoms with Crippen molar-refractivity contribution in [2.75, 3.05) is 0 Å². The number of ketones is 2. The van der Waals surface area contributed by atoms with Gasteiger partial charge in [0, 0.05) is 43.2 Å². The molecule has 1 saturated heterocycles. The van der Waals surface area contributed by atoms with Gasteiger partial charge in [-0.25, -0.2) is 0 Å². The molecule has 0 radical (unpaired) electrons. The van der Waals surface area contributed by atoms with Crippen LogP contribution in [-0.4, -0.2) is 77.0 Å². The Kier molecular flexibility index (Phi) is 12.1. The number of esters is 2. The predicted molar refractivity (Wildman–Crippen MR) is 157 cm³/mol. The van der Waals surface area contributed by atoms with Crippen molar-refractivity contribution >= 4 is 29.8 Å². The lowest BCUT2D eigenvalue weighted by Gasteiger charge is -2.34. The second kappa shape index (κ2) is 16.1. The normalized spacial score (nSPS) is 19.8. The number of ether oxygens (including phenoxy) is 2. The second-order valence-corrected chi connectivity index (χ2v) is 12.6. The molecule has 2 aromatic heterocycles. The molecule has 14 heteroatoms. The number of aryl methyl sites for hydroxylation is 2. The van der Waals surface area contributed by atoms with Crippen LogP contribution in [0.1, 0.15) is 108 Å². The van der Waals surface area contributed by atoms with Crippen LogP contribution in [0.5, 0.6) is 0 Å². The first-order valence-electron chi connectivity index (χ1n) is 15.4. The molecule has 1 fully saturated rings. The molecule has 240 valence electrons. The zero-order chi connectivity index (χ0) is 35.6. The molecule has 1 aliphatic rings. The standard InChI is InChI=1S/C14H22N4O3.C11H20O3.C4H5N3O/c1-8-6-10(19)11(13(20)21-14(2,3)4)12(15-8)9-7-18(5)17-16-9;1-8(2)6-9(12)7-10(13)14-11(3,4)5;1-7-2-4(3-8)5-6-7/h7-8,11-12,15H,6H2,1-5H3;8H,6-7H2,1-5H3;2-3H,1H3/t8-,11?,12+;;/m0../s1/i5+1D3;;. The van der Waals surface area contributed by atoms with Crippen LogP contribution < -0.4 is 5.32 Å². The fraction of sp³-hybridized carbons (Fsp3) is 0.690. The second-order valence-electron chi connectivity index (χ2n) is 12.6. The molecular formula is C29H47N7O7. The minimum Gasteiger partial charge on any atom is -0.460 e. The van der Waals surface area contributed by atoms with Crippen LogP contribution in [0.3, 0.4) is 0 Å². The summed E-state index contributed by atoms with van der Waals surface area (Å²) in [5.74, 6) is -2.17. The van der Waals surface area contributed by atoms with E-state index in [1.807, 2.05) is 20.8 Å². The van der Waals surface area contributed by atoms with Gasteiger partial charge in [0.1, 0.15) is 40.7 Å². The average Bonchev–Trinajstić information content (AvgIpc) is 3.50. The predicted octanol–water partition coefficient (Wildman–Crippen LogP) is 2.73. The summed E-state index contributed by atoms with van der Waals surface area (Å²) in [5, 5.41) is 17.5. The molecule has 43 heavy (non-hydrogen) atoms. The largest absolute Gasteiger partial charge is 0.460 e. The van der Waals surface area contributed by atoms with E-state index in [9.17, 15) is 24.0 Å². The third kappa shape index (κ3) is 14.8. The smallest absolute Gasteiger partial charge is 0.319 e. The Morgan fingerprint density at radius 1 is 1.07 bits per heavy atom. The molecular weight excluding hydrogens is 559 g/mol. The van der Waals surface area contributed by atoms with Crippen molar-refractivity contribution in [1.82, 2.24) is 35.3 Å². The Balaban J connectivity index is 0.000000403. The van der Waals surface area contributed by atoms with Gasteiger partial charge in [0.15, 0.2) is 12.1 Å². The third-order valence-electron chi connectivity index (χ3n) is 5.28. The van der Waals surface area contributed by atoms with Crippen molar-refractivity contribution in [3.8, 4) is 0 Å². The molecule has 14 nitrogen and oxygen atoms in total. The van der Waals surface area contributed by atoms with E-state index >= 15 is 0 Å². The Morgan fingerprint density at radius 2 is 1.67 bits per heavy atom. The zero-order valence-corrected chi connectivity index (χ0v) is 26.7. The molecule has 1 N–H and O–H groups in total. The lowest BCUT2D eigenvalue weighted by Crippen LogP contribution is -2.50. The van der Waals surface area contributed by atoms with E-state index in [1.54, 1.807) is 54.8 Å². The van der Waals surface area contributed by atoms with Crippen LogP contribution in [0.2, 0.25) is 0 Å². The molecule has 0 aromatic carbocycles. The fourth-order valence-corrected chi connectivity index (χ4v) is 3.87. The summed E-state index contributed by atoms with van der Waals surface area (Å²) in [5.41, 5.74) is -0.648. The van der Waals surface area contributed by atoms with Gasteiger partial charge in [-0.15, -0.1) is 10.2 Å². The first kappa shape index (κ1) is 32.1. The highest BCUT2D eigenvalue weighted by molar-refractivity contribution is 6.01. The van der Waals surface area contributed by atoms with Crippen molar-refractivity contribution < 1.29 is 37.6 Å². The number of hydrogen-bond acceptors (Lipinski definition) is 12. The Labute approximate surface area is 257 Å².